The van der Waals surface area contributed by atoms with Gasteiger partial charge in [-0.2, -0.15) is 5.26 Å². The largest absolute Gasteiger partial charge is 0.494 e. The van der Waals surface area contributed by atoms with Gasteiger partial charge in [0.05, 0.1) is 18.2 Å². The van der Waals surface area contributed by atoms with Gasteiger partial charge < -0.3 is 4.74 Å². The van der Waals surface area contributed by atoms with Crippen LogP contribution in [0.25, 0.3) is 0 Å². The summed E-state index contributed by atoms with van der Waals surface area (Å²) < 4.78 is 17.2. The Morgan fingerprint density at radius 1 is 1.16 bits per heavy atom. The maximum absolute atomic E-state index is 11.6. The Morgan fingerprint density at radius 3 is 2.47 bits per heavy atom. The second-order valence-electron chi connectivity index (χ2n) is 4.39. The van der Waals surface area contributed by atoms with E-state index < -0.39 is 10.8 Å². The predicted molar refractivity (Wildman–Crippen MR) is 78.7 cm³/mol. The third-order valence-corrected chi connectivity index (χ3v) is 4.23. The van der Waals surface area contributed by atoms with Crippen LogP contribution in [0.3, 0.4) is 0 Å². The van der Waals surface area contributed by atoms with Crippen molar-refractivity contribution < 1.29 is 8.95 Å². The van der Waals surface area contributed by atoms with Crippen molar-refractivity contribution in [3.8, 4) is 11.8 Å². The van der Waals surface area contributed by atoms with Crippen molar-refractivity contribution >= 4 is 10.8 Å². The first-order valence-corrected chi connectivity index (χ1v) is 8.23. The highest BCUT2D eigenvalue weighted by molar-refractivity contribution is 7.84. The van der Waals surface area contributed by atoms with Crippen molar-refractivity contribution in [2.45, 2.75) is 32.6 Å². The number of ether oxygens (including phenoxy) is 1. The molecule has 0 bridgehead atoms. The summed E-state index contributed by atoms with van der Waals surface area (Å²) in [5.41, 5.74) is 0.629. The van der Waals surface area contributed by atoms with E-state index in [1.165, 1.54) is 6.42 Å². The van der Waals surface area contributed by atoms with Crippen LogP contribution in [-0.2, 0) is 10.8 Å². The van der Waals surface area contributed by atoms with Crippen LogP contribution >= 0.6 is 0 Å². The first kappa shape index (κ1) is 15.7. The third-order valence-electron chi connectivity index (χ3n) is 2.74. The van der Waals surface area contributed by atoms with E-state index in [1.807, 2.05) is 0 Å². The smallest absolute Gasteiger partial charge is 0.119 e. The van der Waals surface area contributed by atoms with Crippen molar-refractivity contribution in [1.82, 2.24) is 0 Å². The lowest BCUT2D eigenvalue weighted by atomic mass is 10.2. The first-order chi connectivity index (χ1) is 9.26. The van der Waals surface area contributed by atoms with Crippen LogP contribution in [0.4, 0.5) is 0 Å². The molecule has 3 nitrogen and oxygen atoms in total. The number of hydrogen-bond acceptors (Lipinski definition) is 3. The highest BCUT2D eigenvalue weighted by Crippen LogP contribution is 2.11. The molecule has 0 aliphatic rings. The molecule has 104 valence electrons. The minimum Gasteiger partial charge on any atom is -0.494 e. The van der Waals surface area contributed by atoms with Crippen LogP contribution < -0.4 is 4.74 Å². The van der Waals surface area contributed by atoms with Crippen molar-refractivity contribution in [2.24, 2.45) is 0 Å². The van der Waals surface area contributed by atoms with Crippen LogP contribution in [-0.4, -0.2) is 22.3 Å². The molecule has 0 heterocycles. The lowest BCUT2D eigenvalue weighted by Crippen LogP contribution is -2.07. The average Bonchev–Trinajstić information content (AvgIpc) is 2.44. The molecular weight excluding hydrogens is 258 g/mol. The molecule has 0 amide bonds. The summed E-state index contributed by atoms with van der Waals surface area (Å²) in [6.07, 6.45) is 4.19. The fourth-order valence-electron chi connectivity index (χ4n) is 1.65. The van der Waals surface area contributed by atoms with Crippen LogP contribution in [0.5, 0.6) is 5.75 Å². The third kappa shape index (κ3) is 6.97. The molecule has 19 heavy (non-hydrogen) atoms. The average molecular weight is 279 g/mol. The van der Waals surface area contributed by atoms with Gasteiger partial charge >= 0.3 is 0 Å². The lowest BCUT2D eigenvalue weighted by Gasteiger charge is -2.06. The van der Waals surface area contributed by atoms with Gasteiger partial charge in [0, 0.05) is 22.3 Å². The molecule has 0 spiro atoms. The van der Waals surface area contributed by atoms with Crippen molar-refractivity contribution in [2.75, 3.05) is 18.1 Å². The van der Waals surface area contributed by atoms with Crippen molar-refractivity contribution in [1.29, 1.82) is 5.26 Å². The summed E-state index contributed by atoms with van der Waals surface area (Å²) in [6, 6.07) is 9.11. The molecule has 1 aromatic rings. The maximum atomic E-state index is 11.6. The maximum Gasteiger partial charge on any atom is 0.119 e. The number of nitrogens with zero attached hydrogens (tertiary/aromatic N) is 1. The molecule has 0 saturated carbocycles. The summed E-state index contributed by atoms with van der Waals surface area (Å²) in [7, 11) is -0.708. The van der Waals surface area contributed by atoms with Gasteiger partial charge in [-0.05, 0) is 37.1 Å². The van der Waals surface area contributed by atoms with E-state index in [9.17, 15) is 4.21 Å². The van der Waals surface area contributed by atoms with E-state index in [-0.39, 0.29) is 0 Å². The Morgan fingerprint density at radius 2 is 1.84 bits per heavy atom. The van der Waals surface area contributed by atoms with Gasteiger partial charge in [-0.25, -0.2) is 0 Å². The van der Waals surface area contributed by atoms with E-state index in [2.05, 4.69) is 13.0 Å². The van der Waals surface area contributed by atoms with Gasteiger partial charge in [-0.15, -0.1) is 0 Å². The lowest BCUT2D eigenvalue weighted by molar-refractivity contribution is 0.318. The molecule has 0 fully saturated rings. The first-order valence-electron chi connectivity index (χ1n) is 6.74. The summed E-state index contributed by atoms with van der Waals surface area (Å²) in [5.74, 6) is 2.28. The molecule has 1 rings (SSSR count). The van der Waals surface area contributed by atoms with Crippen LogP contribution in [0.15, 0.2) is 24.3 Å². The SMILES string of the molecule is CCCCCS(=O)CCCOc1ccc(C#N)cc1. The van der Waals surface area contributed by atoms with Crippen molar-refractivity contribution in [3.63, 3.8) is 0 Å². The minimum atomic E-state index is -0.708. The standard InChI is InChI=1S/C15H21NO2S/c1-2-3-4-11-19(17)12-5-10-18-15-8-6-14(13-16)7-9-15/h6-9H,2-5,10-12H2,1H3. The summed E-state index contributed by atoms with van der Waals surface area (Å²) in [5, 5.41) is 8.67. The minimum absolute atomic E-state index is 0.575. The molecule has 0 aliphatic heterocycles. The molecule has 0 aliphatic carbocycles. The molecule has 1 atom stereocenters. The zero-order valence-corrected chi connectivity index (χ0v) is 12.2. The second-order valence-corrected chi connectivity index (χ2v) is 6.09. The van der Waals surface area contributed by atoms with Gasteiger partial charge in [-0.1, -0.05) is 19.8 Å². The fraction of sp³-hybridized carbons (Fsp3) is 0.533. The Hall–Kier alpha value is -1.34. The van der Waals surface area contributed by atoms with E-state index in [1.54, 1.807) is 24.3 Å². The van der Waals surface area contributed by atoms with E-state index in [0.717, 1.165) is 30.8 Å². The Balaban J connectivity index is 2.13. The molecule has 4 heteroatoms. The molecule has 0 radical (unpaired) electrons. The zero-order valence-electron chi connectivity index (χ0n) is 11.4. The highest BCUT2D eigenvalue weighted by atomic mass is 32.2. The van der Waals surface area contributed by atoms with E-state index in [0.29, 0.717) is 17.9 Å². The van der Waals surface area contributed by atoms with E-state index in [4.69, 9.17) is 10.00 Å². The number of hydrogen-bond donors (Lipinski definition) is 0. The van der Waals surface area contributed by atoms with Gasteiger partial charge in [-0.3, -0.25) is 4.21 Å². The fourth-order valence-corrected chi connectivity index (χ4v) is 2.82. The quantitative estimate of drug-likeness (QED) is 0.652. The summed E-state index contributed by atoms with van der Waals surface area (Å²) >= 11 is 0. The van der Waals surface area contributed by atoms with Gasteiger partial charge in [0.15, 0.2) is 0 Å². The monoisotopic (exact) mass is 279 g/mol. The number of unbranched alkanes of at least 4 members (excludes halogenated alkanes) is 2. The highest BCUT2D eigenvalue weighted by Gasteiger charge is 2.00. The molecule has 1 aromatic carbocycles. The molecule has 0 saturated heterocycles. The van der Waals surface area contributed by atoms with Gasteiger partial charge in [0.1, 0.15) is 5.75 Å². The van der Waals surface area contributed by atoms with Gasteiger partial charge in [0.25, 0.3) is 0 Å². The summed E-state index contributed by atoms with van der Waals surface area (Å²) in [6.45, 7) is 2.72. The van der Waals surface area contributed by atoms with E-state index >= 15 is 0 Å². The molecule has 0 N–H and O–H groups in total. The van der Waals surface area contributed by atoms with Crippen LogP contribution in [0.2, 0.25) is 0 Å². The molecule has 0 aromatic heterocycles. The molecule has 1 unspecified atom stereocenters. The zero-order chi connectivity index (χ0) is 13.9. The normalized spacial score (nSPS) is 11.8. The second kappa shape index (κ2) is 9.57. The Kier molecular flexibility index (Phi) is 7.92. The van der Waals surface area contributed by atoms with Crippen LogP contribution in [0.1, 0.15) is 38.2 Å². The molecular formula is C15H21NO2S. The number of rotatable bonds is 9. The van der Waals surface area contributed by atoms with Crippen molar-refractivity contribution in [3.05, 3.63) is 29.8 Å². The van der Waals surface area contributed by atoms with Gasteiger partial charge in [0.2, 0.25) is 0 Å². The number of benzene rings is 1. The Labute approximate surface area is 118 Å². The number of nitriles is 1. The Bertz CT molecular complexity index is 423. The predicted octanol–water partition coefficient (Wildman–Crippen LogP) is 3.27. The summed E-state index contributed by atoms with van der Waals surface area (Å²) in [4.78, 5) is 0. The van der Waals surface area contributed by atoms with Crippen LogP contribution in [0, 0.1) is 11.3 Å². The topological polar surface area (TPSA) is 50.1 Å².